The van der Waals surface area contributed by atoms with Crippen molar-refractivity contribution < 1.29 is 22.7 Å². The van der Waals surface area contributed by atoms with E-state index in [1.807, 2.05) is 25.1 Å². The smallest absolute Gasteiger partial charge is 0.255 e. The lowest BCUT2D eigenvalue weighted by Gasteiger charge is -2.32. The minimum absolute atomic E-state index is 0.0370. The normalized spacial score (nSPS) is 16.6. The Hall–Kier alpha value is -2.75. The third-order valence-corrected chi connectivity index (χ3v) is 8.46. The molecule has 1 aliphatic heterocycles. The molecule has 188 valence electrons. The fourth-order valence-corrected chi connectivity index (χ4v) is 6.56. The number of benzene rings is 2. The van der Waals surface area contributed by atoms with Crippen LogP contribution in [0.1, 0.15) is 52.7 Å². The molecule has 0 saturated carbocycles. The van der Waals surface area contributed by atoms with Gasteiger partial charge < -0.3 is 15.0 Å². The van der Waals surface area contributed by atoms with Crippen molar-refractivity contribution in [2.45, 2.75) is 56.4 Å². The van der Waals surface area contributed by atoms with E-state index >= 15 is 0 Å². The second kappa shape index (κ2) is 10.9. The van der Waals surface area contributed by atoms with Crippen molar-refractivity contribution in [3.63, 3.8) is 0 Å². The van der Waals surface area contributed by atoms with E-state index < -0.39 is 10.0 Å². The Bertz CT molecular complexity index is 1200. The SMILES string of the molecule is COCC(=O)N1CCC(NS(=O)(=O)c2ccc(NC(=O)c3ccccc3C)c3c2CCCC3)CC1. The van der Waals surface area contributed by atoms with E-state index in [9.17, 15) is 18.0 Å². The fourth-order valence-electron chi connectivity index (χ4n) is 4.97. The number of amides is 2. The van der Waals surface area contributed by atoms with Gasteiger partial charge in [-0.2, -0.15) is 0 Å². The van der Waals surface area contributed by atoms with Crippen molar-refractivity contribution in [1.82, 2.24) is 9.62 Å². The monoisotopic (exact) mass is 499 g/mol. The highest BCUT2D eigenvalue weighted by molar-refractivity contribution is 7.89. The van der Waals surface area contributed by atoms with Crippen LogP contribution in [0.5, 0.6) is 0 Å². The molecule has 2 amide bonds. The van der Waals surface area contributed by atoms with E-state index in [4.69, 9.17) is 4.74 Å². The number of nitrogens with zero attached hydrogens (tertiary/aromatic N) is 1. The minimum Gasteiger partial charge on any atom is -0.375 e. The van der Waals surface area contributed by atoms with Gasteiger partial charge in [-0.15, -0.1) is 0 Å². The van der Waals surface area contributed by atoms with Gasteiger partial charge in [0.1, 0.15) is 6.61 Å². The molecule has 1 aliphatic carbocycles. The van der Waals surface area contributed by atoms with Crippen molar-refractivity contribution in [1.29, 1.82) is 0 Å². The van der Waals surface area contributed by atoms with Crippen LogP contribution in [0.3, 0.4) is 0 Å². The summed E-state index contributed by atoms with van der Waals surface area (Å²) in [7, 11) is -2.26. The van der Waals surface area contributed by atoms with E-state index in [1.54, 1.807) is 23.1 Å². The second-order valence-electron chi connectivity index (χ2n) is 9.25. The molecule has 1 heterocycles. The van der Waals surface area contributed by atoms with E-state index in [0.717, 1.165) is 36.0 Å². The predicted octanol–water partition coefficient (Wildman–Crippen LogP) is 3.04. The van der Waals surface area contributed by atoms with E-state index in [-0.39, 0.29) is 24.5 Å². The lowest BCUT2D eigenvalue weighted by molar-refractivity contribution is -0.136. The topological polar surface area (TPSA) is 105 Å². The minimum atomic E-state index is -3.74. The van der Waals surface area contributed by atoms with Crippen molar-refractivity contribution >= 4 is 27.5 Å². The van der Waals surface area contributed by atoms with E-state index in [0.29, 0.717) is 48.5 Å². The third-order valence-electron chi connectivity index (χ3n) is 6.86. The molecule has 2 aromatic carbocycles. The van der Waals surface area contributed by atoms with Crippen LogP contribution in [-0.2, 0) is 32.4 Å². The number of fused-ring (bicyclic) bond motifs is 1. The molecule has 8 nitrogen and oxygen atoms in total. The Kier molecular flexibility index (Phi) is 7.88. The van der Waals surface area contributed by atoms with Crippen LogP contribution in [-0.4, -0.2) is 58.0 Å². The van der Waals surface area contributed by atoms with Crippen molar-refractivity contribution in [2.75, 3.05) is 32.1 Å². The molecule has 4 rings (SSSR count). The van der Waals surface area contributed by atoms with Gasteiger partial charge in [-0.25, -0.2) is 13.1 Å². The van der Waals surface area contributed by atoms with Crippen LogP contribution in [0, 0.1) is 6.92 Å². The molecule has 2 aromatic rings. The number of carbonyl (C=O) groups is 2. The Morgan fingerprint density at radius 2 is 1.71 bits per heavy atom. The number of carbonyl (C=O) groups excluding carboxylic acids is 2. The standard InChI is InChI=1S/C26H33N3O5S/c1-18-7-3-4-8-20(18)26(31)27-23-11-12-24(22-10-6-5-9-21(22)23)35(32,33)28-19-13-15-29(16-14-19)25(30)17-34-2/h3-4,7-8,11-12,19,28H,5-6,9-10,13-17H2,1-2H3,(H,27,31). The second-order valence-corrected chi connectivity index (χ2v) is 10.9. The van der Waals surface area contributed by atoms with Gasteiger partial charge in [-0.3, -0.25) is 9.59 Å². The molecule has 1 saturated heterocycles. The summed E-state index contributed by atoms with van der Waals surface area (Å²) < 4.78 is 34.6. The van der Waals surface area contributed by atoms with Gasteiger partial charge in [0.2, 0.25) is 15.9 Å². The van der Waals surface area contributed by atoms with Crippen LogP contribution >= 0.6 is 0 Å². The number of likely N-dealkylation sites (tertiary alicyclic amines) is 1. The number of ether oxygens (including phenoxy) is 1. The Morgan fingerprint density at radius 3 is 2.40 bits per heavy atom. The highest BCUT2D eigenvalue weighted by Gasteiger charge is 2.30. The Morgan fingerprint density at radius 1 is 1.03 bits per heavy atom. The van der Waals surface area contributed by atoms with Crippen molar-refractivity contribution in [3.05, 3.63) is 58.7 Å². The number of aryl methyl sites for hydroxylation is 1. The van der Waals surface area contributed by atoms with Gasteiger partial charge in [0.05, 0.1) is 4.90 Å². The molecule has 2 aliphatic rings. The first-order valence-electron chi connectivity index (χ1n) is 12.1. The van der Waals surface area contributed by atoms with Crippen LogP contribution in [0.2, 0.25) is 0 Å². The summed E-state index contributed by atoms with van der Waals surface area (Å²) in [6.45, 7) is 2.92. The quantitative estimate of drug-likeness (QED) is 0.609. The largest absolute Gasteiger partial charge is 0.375 e. The zero-order chi connectivity index (χ0) is 25.0. The lowest BCUT2D eigenvalue weighted by Crippen LogP contribution is -2.47. The molecule has 0 aromatic heterocycles. The Labute approximate surface area is 207 Å². The molecule has 35 heavy (non-hydrogen) atoms. The summed E-state index contributed by atoms with van der Waals surface area (Å²) in [5.41, 5.74) is 3.86. The first-order chi connectivity index (χ1) is 16.8. The first kappa shape index (κ1) is 25.3. The molecule has 0 unspecified atom stereocenters. The molecule has 9 heteroatoms. The molecule has 0 bridgehead atoms. The van der Waals surface area contributed by atoms with Gasteiger partial charge in [0.25, 0.3) is 5.91 Å². The third kappa shape index (κ3) is 5.74. The number of methoxy groups -OCH3 is 1. The maximum absolute atomic E-state index is 13.4. The summed E-state index contributed by atoms with van der Waals surface area (Å²) in [4.78, 5) is 26.9. The number of sulfonamides is 1. The molecule has 0 atom stereocenters. The average molecular weight is 500 g/mol. The van der Waals surface area contributed by atoms with Gasteiger partial charge in [-0.05, 0) is 80.3 Å². The van der Waals surface area contributed by atoms with Crippen LogP contribution in [0.15, 0.2) is 41.3 Å². The van der Waals surface area contributed by atoms with Gasteiger partial charge in [0, 0.05) is 37.5 Å². The van der Waals surface area contributed by atoms with Gasteiger partial charge in [-0.1, -0.05) is 18.2 Å². The maximum Gasteiger partial charge on any atom is 0.255 e. The molecular formula is C26H33N3O5S. The van der Waals surface area contributed by atoms with Crippen LogP contribution in [0.25, 0.3) is 0 Å². The van der Waals surface area contributed by atoms with Gasteiger partial charge >= 0.3 is 0 Å². The first-order valence-corrected chi connectivity index (χ1v) is 13.6. The molecule has 1 fully saturated rings. The van der Waals surface area contributed by atoms with E-state index in [2.05, 4.69) is 10.0 Å². The molecule has 0 spiro atoms. The zero-order valence-corrected chi connectivity index (χ0v) is 21.1. The fraction of sp³-hybridized carbons (Fsp3) is 0.462. The zero-order valence-electron chi connectivity index (χ0n) is 20.3. The molecule has 0 radical (unpaired) electrons. The molecular weight excluding hydrogens is 466 g/mol. The summed E-state index contributed by atoms with van der Waals surface area (Å²) in [6.07, 6.45) is 4.35. The highest BCUT2D eigenvalue weighted by atomic mass is 32.2. The summed E-state index contributed by atoms with van der Waals surface area (Å²) in [5.74, 6) is -0.273. The predicted molar refractivity (Wildman–Crippen MR) is 134 cm³/mol. The number of piperidine rings is 1. The van der Waals surface area contributed by atoms with Gasteiger partial charge in [0.15, 0.2) is 0 Å². The maximum atomic E-state index is 13.4. The van der Waals surface area contributed by atoms with Crippen LogP contribution in [0.4, 0.5) is 5.69 Å². The summed E-state index contributed by atoms with van der Waals surface area (Å²) >= 11 is 0. The number of nitrogens with one attached hydrogen (secondary N) is 2. The van der Waals surface area contributed by atoms with Crippen LogP contribution < -0.4 is 10.0 Å². The lowest BCUT2D eigenvalue weighted by atomic mass is 9.90. The molecule has 2 N–H and O–H groups in total. The average Bonchev–Trinajstić information content (AvgIpc) is 2.84. The summed E-state index contributed by atoms with van der Waals surface area (Å²) in [6, 6.07) is 10.5. The number of hydrogen-bond donors (Lipinski definition) is 2. The number of anilines is 1. The van der Waals surface area contributed by atoms with Crippen molar-refractivity contribution in [3.8, 4) is 0 Å². The van der Waals surface area contributed by atoms with E-state index in [1.165, 1.54) is 7.11 Å². The summed E-state index contributed by atoms with van der Waals surface area (Å²) in [5, 5.41) is 3.01. The Balaban J connectivity index is 1.52. The highest BCUT2D eigenvalue weighted by Crippen LogP contribution is 2.34. The number of hydrogen-bond acceptors (Lipinski definition) is 5. The van der Waals surface area contributed by atoms with Crippen molar-refractivity contribution in [2.24, 2.45) is 0 Å². The number of rotatable bonds is 7.